The van der Waals surface area contributed by atoms with E-state index in [0.29, 0.717) is 6.61 Å². The van der Waals surface area contributed by atoms with Crippen LogP contribution < -0.4 is 4.90 Å². The van der Waals surface area contributed by atoms with Gasteiger partial charge in [-0.05, 0) is 43.9 Å². The predicted molar refractivity (Wildman–Crippen MR) is 105 cm³/mol. The average molecular weight is 359 g/mol. The van der Waals surface area contributed by atoms with Crippen molar-refractivity contribution in [2.75, 3.05) is 57.8 Å². The van der Waals surface area contributed by atoms with Crippen molar-refractivity contribution in [1.29, 1.82) is 0 Å². The van der Waals surface area contributed by atoms with Crippen LogP contribution in [0.15, 0.2) is 18.3 Å². The van der Waals surface area contributed by atoms with Gasteiger partial charge in [0.1, 0.15) is 5.82 Å². The van der Waals surface area contributed by atoms with Gasteiger partial charge in [-0.25, -0.2) is 4.98 Å². The van der Waals surface area contributed by atoms with Crippen molar-refractivity contribution < 1.29 is 5.11 Å². The molecule has 0 bridgehead atoms. The van der Waals surface area contributed by atoms with Crippen LogP contribution in [0.5, 0.6) is 0 Å². The number of piperazine rings is 1. The summed E-state index contributed by atoms with van der Waals surface area (Å²) in [4.78, 5) is 12.1. The van der Waals surface area contributed by atoms with E-state index in [2.05, 4.69) is 40.1 Å². The predicted octanol–water partition coefficient (Wildman–Crippen LogP) is 2.21. The number of anilines is 1. The summed E-state index contributed by atoms with van der Waals surface area (Å²) in [7, 11) is 2.20. The molecule has 3 heterocycles. The molecule has 5 nitrogen and oxygen atoms in total. The summed E-state index contributed by atoms with van der Waals surface area (Å²) in [6.45, 7) is 7.95. The maximum atomic E-state index is 10.1. The second kappa shape index (κ2) is 7.83. The smallest absolute Gasteiger partial charge is 0.128 e. The molecule has 1 atom stereocenters. The van der Waals surface area contributed by atoms with Gasteiger partial charge in [0.15, 0.2) is 0 Å². The highest BCUT2D eigenvalue weighted by atomic mass is 16.3. The molecule has 0 aromatic carbocycles. The van der Waals surface area contributed by atoms with Crippen molar-refractivity contribution in [2.45, 2.75) is 38.6 Å². The summed E-state index contributed by atoms with van der Waals surface area (Å²) in [5.41, 5.74) is 1.40. The fourth-order valence-electron chi connectivity index (χ4n) is 4.66. The van der Waals surface area contributed by atoms with Crippen LogP contribution in [0.3, 0.4) is 0 Å². The first-order valence-corrected chi connectivity index (χ1v) is 10.4. The molecule has 1 unspecified atom stereocenters. The van der Waals surface area contributed by atoms with E-state index in [1.165, 1.54) is 24.8 Å². The number of likely N-dealkylation sites (N-methyl/N-ethyl adjacent to an activating group) is 1. The number of pyridine rings is 1. The monoisotopic (exact) mass is 358 g/mol. The molecule has 0 amide bonds. The fourth-order valence-corrected chi connectivity index (χ4v) is 4.66. The molecule has 2 aliphatic heterocycles. The van der Waals surface area contributed by atoms with Crippen LogP contribution in [0.2, 0.25) is 0 Å². The average Bonchev–Trinajstić information content (AvgIpc) is 3.48. The topological polar surface area (TPSA) is 42.8 Å². The summed E-state index contributed by atoms with van der Waals surface area (Å²) in [5, 5.41) is 10.1. The largest absolute Gasteiger partial charge is 0.396 e. The molecule has 1 saturated carbocycles. The number of hydrogen-bond acceptors (Lipinski definition) is 5. The Balaban J connectivity index is 1.36. The molecular formula is C21H34N4O. The first-order valence-electron chi connectivity index (χ1n) is 10.4. The van der Waals surface area contributed by atoms with Crippen LogP contribution in [0.4, 0.5) is 5.82 Å². The van der Waals surface area contributed by atoms with Crippen molar-refractivity contribution in [3.63, 3.8) is 0 Å². The van der Waals surface area contributed by atoms with Crippen molar-refractivity contribution in [1.82, 2.24) is 14.8 Å². The molecule has 2 saturated heterocycles. The molecule has 3 aliphatic rings. The van der Waals surface area contributed by atoms with Crippen molar-refractivity contribution in [2.24, 2.45) is 11.3 Å². The third-order valence-corrected chi connectivity index (χ3v) is 6.55. The summed E-state index contributed by atoms with van der Waals surface area (Å²) in [6.07, 6.45) is 8.31. The Morgan fingerprint density at radius 3 is 2.62 bits per heavy atom. The van der Waals surface area contributed by atoms with E-state index < -0.39 is 0 Å². The van der Waals surface area contributed by atoms with Gasteiger partial charge in [-0.15, -0.1) is 0 Å². The van der Waals surface area contributed by atoms with E-state index in [1.807, 2.05) is 0 Å². The number of rotatable bonds is 6. The van der Waals surface area contributed by atoms with E-state index in [1.54, 1.807) is 0 Å². The molecule has 1 aromatic rings. The SMILES string of the molecule is CN1CCN(Cc2ccc(N3CCCC(CO)(CC4CC4)C3)nc2)CC1. The van der Waals surface area contributed by atoms with E-state index in [0.717, 1.165) is 70.4 Å². The zero-order chi connectivity index (χ0) is 18.0. The molecule has 0 radical (unpaired) electrons. The highest BCUT2D eigenvalue weighted by Crippen LogP contribution is 2.44. The summed E-state index contributed by atoms with van der Waals surface area (Å²) < 4.78 is 0. The van der Waals surface area contributed by atoms with Crippen molar-refractivity contribution in [3.05, 3.63) is 23.9 Å². The Morgan fingerprint density at radius 2 is 1.96 bits per heavy atom. The molecule has 4 rings (SSSR count). The number of aliphatic hydroxyl groups excluding tert-OH is 1. The van der Waals surface area contributed by atoms with Gasteiger partial charge < -0.3 is 14.9 Å². The second-order valence-electron chi connectivity index (χ2n) is 8.93. The standard InChI is InChI=1S/C21H34N4O/c1-23-9-11-24(12-10-23)15-19-5-6-20(22-14-19)25-8-2-7-21(16-25,17-26)13-18-3-4-18/h5-6,14,18,26H,2-4,7-13,15-17H2,1H3. The van der Waals surface area contributed by atoms with E-state index in [4.69, 9.17) is 4.98 Å². The molecule has 1 aromatic heterocycles. The van der Waals surface area contributed by atoms with Gasteiger partial charge in [0.05, 0.1) is 6.61 Å². The maximum absolute atomic E-state index is 10.1. The zero-order valence-electron chi connectivity index (χ0n) is 16.2. The third-order valence-electron chi connectivity index (χ3n) is 6.55. The number of nitrogens with zero attached hydrogens (tertiary/aromatic N) is 4. The summed E-state index contributed by atoms with van der Waals surface area (Å²) in [6, 6.07) is 4.44. The van der Waals surface area contributed by atoms with Crippen LogP contribution in [0.25, 0.3) is 0 Å². The van der Waals surface area contributed by atoms with Gasteiger partial charge in [-0.3, -0.25) is 4.90 Å². The highest BCUT2D eigenvalue weighted by Gasteiger charge is 2.40. The lowest BCUT2D eigenvalue weighted by molar-refractivity contribution is 0.0901. The van der Waals surface area contributed by atoms with Crippen LogP contribution >= 0.6 is 0 Å². The summed E-state index contributed by atoms with van der Waals surface area (Å²) >= 11 is 0. The first-order chi connectivity index (χ1) is 12.7. The number of hydrogen-bond donors (Lipinski definition) is 1. The molecular weight excluding hydrogens is 324 g/mol. The molecule has 144 valence electrons. The lowest BCUT2D eigenvalue weighted by Gasteiger charge is -2.42. The Labute approximate surface area is 158 Å². The van der Waals surface area contributed by atoms with Gasteiger partial charge in [0.2, 0.25) is 0 Å². The van der Waals surface area contributed by atoms with Crippen molar-refractivity contribution in [3.8, 4) is 0 Å². The molecule has 1 aliphatic carbocycles. The third kappa shape index (κ3) is 4.38. The fraction of sp³-hybridized carbons (Fsp3) is 0.762. The molecule has 1 N–H and O–H groups in total. The minimum atomic E-state index is 0.0968. The Kier molecular flexibility index (Phi) is 5.48. The van der Waals surface area contributed by atoms with Gasteiger partial charge >= 0.3 is 0 Å². The van der Waals surface area contributed by atoms with Gasteiger partial charge in [-0.1, -0.05) is 18.9 Å². The number of aliphatic hydroxyl groups is 1. The molecule has 0 spiro atoms. The quantitative estimate of drug-likeness (QED) is 0.845. The lowest BCUT2D eigenvalue weighted by atomic mass is 9.76. The Morgan fingerprint density at radius 1 is 1.15 bits per heavy atom. The lowest BCUT2D eigenvalue weighted by Crippen LogP contribution is -2.46. The van der Waals surface area contributed by atoms with Crippen LogP contribution in [0.1, 0.15) is 37.7 Å². The second-order valence-corrected chi connectivity index (χ2v) is 8.93. The zero-order valence-corrected chi connectivity index (χ0v) is 16.2. The van der Waals surface area contributed by atoms with Crippen molar-refractivity contribution >= 4 is 5.82 Å². The Bertz CT molecular complexity index is 580. The number of piperidine rings is 1. The molecule has 3 fully saturated rings. The highest BCUT2D eigenvalue weighted by molar-refractivity contribution is 5.40. The van der Waals surface area contributed by atoms with Crippen LogP contribution in [0, 0.1) is 11.3 Å². The molecule has 26 heavy (non-hydrogen) atoms. The van der Waals surface area contributed by atoms with Gasteiger partial charge in [0.25, 0.3) is 0 Å². The van der Waals surface area contributed by atoms with Crippen LogP contribution in [-0.2, 0) is 6.54 Å². The van der Waals surface area contributed by atoms with Gasteiger partial charge in [-0.2, -0.15) is 0 Å². The van der Waals surface area contributed by atoms with E-state index in [-0.39, 0.29) is 5.41 Å². The minimum Gasteiger partial charge on any atom is -0.396 e. The van der Waals surface area contributed by atoms with E-state index in [9.17, 15) is 5.11 Å². The van der Waals surface area contributed by atoms with E-state index >= 15 is 0 Å². The first kappa shape index (κ1) is 18.2. The Hall–Kier alpha value is -1.17. The van der Waals surface area contributed by atoms with Gasteiger partial charge in [0, 0.05) is 57.4 Å². The molecule has 5 heteroatoms. The minimum absolute atomic E-state index is 0.0968. The van der Waals surface area contributed by atoms with Crippen LogP contribution in [-0.4, -0.2) is 72.8 Å². The number of aromatic nitrogens is 1. The normalized spacial score (nSPS) is 28.5. The maximum Gasteiger partial charge on any atom is 0.128 e. The summed E-state index contributed by atoms with van der Waals surface area (Å²) in [5.74, 6) is 1.95.